The van der Waals surface area contributed by atoms with E-state index >= 15 is 0 Å². The standard InChI is InChI=1S/C9H13Cl2/c1-3-8(4-2)6-5-7-9(10)11/h3,7H,1,4-6H2,2H3. The van der Waals surface area contributed by atoms with Gasteiger partial charge in [0.05, 0.1) is 0 Å². The van der Waals surface area contributed by atoms with Crippen molar-refractivity contribution in [1.29, 1.82) is 0 Å². The van der Waals surface area contributed by atoms with E-state index in [1.807, 2.05) is 12.2 Å². The predicted molar refractivity (Wildman–Crippen MR) is 52.8 cm³/mol. The molecule has 0 aromatic carbocycles. The molecule has 0 amide bonds. The van der Waals surface area contributed by atoms with Crippen molar-refractivity contribution in [2.75, 3.05) is 0 Å². The van der Waals surface area contributed by atoms with Crippen molar-refractivity contribution in [2.24, 2.45) is 0 Å². The van der Waals surface area contributed by atoms with Gasteiger partial charge in [-0.25, -0.2) is 0 Å². The van der Waals surface area contributed by atoms with Gasteiger partial charge in [-0.05, 0) is 26.2 Å². The highest BCUT2D eigenvalue weighted by atomic mass is 35.5. The van der Waals surface area contributed by atoms with E-state index in [0.29, 0.717) is 4.49 Å². The fraction of sp³-hybridized carbons (Fsp3) is 0.444. The summed E-state index contributed by atoms with van der Waals surface area (Å²) in [6.07, 6.45) is 6.66. The van der Waals surface area contributed by atoms with Gasteiger partial charge in [0, 0.05) is 0 Å². The van der Waals surface area contributed by atoms with Gasteiger partial charge >= 0.3 is 0 Å². The molecule has 0 spiro atoms. The molecule has 0 atom stereocenters. The first-order chi connectivity index (χ1) is 5.20. The lowest BCUT2D eigenvalue weighted by atomic mass is 10.1. The van der Waals surface area contributed by atoms with Crippen LogP contribution in [0.4, 0.5) is 0 Å². The molecule has 0 rings (SSSR count). The Balaban J connectivity index is 3.61. The van der Waals surface area contributed by atoms with Gasteiger partial charge in [-0.1, -0.05) is 47.9 Å². The van der Waals surface area contributed by atoms with E-state index < -0.39 is 0 Å². The predicted octanol–water partition coefficient (Wildman–Crippen LogP) is 4.26. The van der Waals surface area contributed by atoms with Gasteiger partial charge in [0.15, 0.2) is 0 Å². The second kappa shape index (κ2) is 6.75. The van der Waals surface area contributed by atoms with Gasteiger partial charge in [0.1, 0.15) is 4.49 Å². The Kier molecular flexibility index (Phi) is 6.79. The van der Waals surface area contributed by atoms with Crippen LogP contribution in [0, 0.1) is 6.92 Å². The molecule has 0 saturated heterocycles. The summed E-state index contributed by atoms with van der Waals surface area (Å²) in [6.45, 7) is 5.82. The first kappa shape index (κ1) is 11.1. The summed E-state index contributed by atoms with van der Waals surface area (Å²) in [5.41, 5.74) is 1.34. The number of rotatable bonds is 4. The van der Waals surface area contributed by atoms with Crippen molar-refractivity contribution in [2.45, 2.75) is 26.2 Å². The second-order valence-electron chi connectivity index (χ2n) is 2.25. The summed E-state index contributed by atoms with van der Waals surface area (Å²) in [6, 6.07) is 0. The Morgan fingerprint density at radius 3 is 2.45 bits per heavy atom. The maximum absolute atomic E-state index is 5.44. The van der Waals surface area contributed by atoms with E-state index in [1.165, 1.54) is 5.57 Å². The monoisotopic (exact) mass is 191 g/mol. The molecule has 0 unspecified atom stereocenters. The molecule has 0 heterocycles. The van der Waals surface area contributed by atoms with Crippen LogP contribution in [-0.4, -0.2) is 0 Å². The van der Waals surface area contributed by atoms with E-state index in [1.54, 1.807) is 0 Å². The van der Waals surface area contributed by atoms with Crippen molar-refractivity contribution >= 4 is 23.2 Å². The Labute approximate surface area is 78.9 Å². The fourth-order valence-electron chi connectivity index (χ4n) is 0.790. The largest absolute Gasteiger partial charge is 0.102 e. The molecule has 0 N–H and O–H groups in total. The third kappa shape index (κ3) is 6.46. The number of hydrogen-bond acceptors (Lipinski definition) is 0. The van der Waals surface area contributed by atoms with Crippen LogP contribution in [0.3, 0.4) is 0 Å². The van der Waals surface area contributed by atoms with Crippen molar-refractivity contribution in [3.05, 3.63) is 29.1 Å². The van der Waals surface area contributed by atoms with Crippen molar-refractivity contribution in [3.8, 4) is 0 Å². The van der Waals surface area contributed by atoms with Crippen molar-refractivity contribution < 1.29 is 0 Å². The zero-order valence-corrected chi connectivity index (χ0v) is 8.25. The highest BCUT2D eigenvalue weighted by Gasteiger charge is 1.91. The van der Waals surface area contributed by atoms with Gasteiger partial charge in [0.25, 0.3) is 0 Å². The van der Waals surface area contributed by atoms with Crippen molar-refractivity contribution in [1.82, 2.24) is 0 Å². The number of hydrogen-bond donors (Lipinski definition) is 0. The second-order valence-corrected chi connectivity index (χ2v) is 3.26. The summed E-state index contributed by atoms with van der Waals surface area (Å²) < 4.78 is 0.351. The van der Waals surface area contributed by atoms with Crippen LogP contribution in [0.2, 0.25) is 0 Å². The van der Waals surface area contributed by atoms with E-state index in [0.717, 1.165) is 19.3 Å². The molecule has 1 radical (unpaired) electrons. The summed E-state index contributed by atoms with van der Waals surface area (Å²) in [7, 11) is 0. The minimum Gasteiger partial charge on any atom is -0.0850 e. The van der Waals surface area contributed by atoms with Gasteiger partial charge in [-0.15, -0.1) is 0 Å². The first-order valence-corrected chi connectivity index (χ1v) is 4.44. The first-order valence-electron chi connectivity index (χ1n) is 3.69. The SMILES string of the molecule is [CH2]C=C(CC)CCC=C(Cl)Cl. The zero-order valence-electron chi connectivity index (χ0n) is 6.74. The average molecular weight is 192 g/mol. The molecule has 2 heteroatoms. The molecule has 0 aromatic heterocycles. The minimum absolute atomic E-state index is 0.351. The molecular formula is C9H13Cl2. The Morgan fingerprint density at radius 1 is 1.45 bits per heavy atom. The van der Waals surface area contributed by atoms with E-state index in [4.69, 9.17) is 23.2 Å². The van der Waals surface area contributed by atoms with Crippen LogP contribution in [0.25, 0.3) is 0 Å². The van der Waals surface area contributed by atoms with Crippen molar-refractivity contribution in [3.63, 3.8) is 0 Å². The Hall–Kier alpha value is 0.0600. The maximum atomic E-state index is 5.44. The molecule has 0 fully saturated rings. The van der Waals surface area contributed by atoms with Crippen LogP contribution in [-0.2, 0) is 0 Å². The lowest BCUT2D eigenvalue weighted by Gasteiger charge is -1.99. The maximum Gasteiger partial charge on any atom is 0.102 e. The van der Waals surface area contributed by atoms with E-state index in [-0.39, 0.29) is 0 Å². The number of halogens is 2. The minimum atomic E-state index is 0.351. The third-order valence-corrected chi connectivity index (χ3v) is 1.82. The fourth-order valence-corrected chi connectivity index (χ4v) is 1.01. The van der Waals surface area contributed by atoms with Crippen LogP contribution in [0.5, 0.6) is 0 Å². The lowest BCUT2D eigenvalue weighted by molar-refractivity contribution is 0.908. The topological polar surface area (TPSA) is 0 Å². The molecule has 11 heavy (non-hydrogen) atoms. The van der Waals surface area contributed by atoms with Crippen LogP contribution >= 0.6 is 23.2 Å². The summed E-state index contributed by atoms with van der Waals surface area (Å²) in [4.78, 5) is 0. The molecule has 0 saturated carbocycles. The van der Waals surface area contributed by atoms with Crippen LogP contribution in [0.15, 0.2) is 22.2 Å². The molecule has 0 aliphatic carbocycles. The van der Waals surface area contributed by atoms with Crippen LogP contribution < -0.4 is 0 Å². The van der Waals surface area contributed by atoms with Gasteiger partial charge in [0.2, 0.25) is 0 Å². The Bertz CT molecular complexity index is 153. The molecular weight excluding hydrogens is 179 g/mol. The molecule has 0 bridgehead atoms. The Morgan fingerprint density at radius 2 is 2.09 bits per heavy atom. The summed E-state index contributed by atoms with van der Waals surface area (Å²) >= 11 is 10.9. The molecule has 63 valence electrons. The van der Waals surface area contributed by atoms with E-state index in [9.17, 15) is 0 Å². The molecule has 0 aliphatic heterocycles. The average Bonchev–Trinajstić information content (AvgIpc) is 1.98. The summed E-state index contributed by atoms with van der Waals surface area (Å²) in [5, 5.41) is 0. The van der Waals surface area contributed by atoms with E-state index in [2.05, 4.69) is 13.8 Å². The van der Waals surface area contributed by atoms with Crippen LogP contribution in [0.1, 0.15) is 26.2 Å². The normalized spacial score (nSPS) is 11.5. The van der Waals surface area contributed by atoms with Gasteiger partial charge in [-0.3, -0.25) is 0 Å². The highest BCUT2D eigenvalue weighted by Crippen LogP contribution is 2.13. The number of allylic oxidation sites excluding steroid dienone is 3. The third-order valence-electron chi connectivity index (χ3n) is 1.51. The quantitative estimate of drug-likeness (QED) is 0.624. The van der Waals surface area contributed by atoms with Gasteiger partial charge < -0.3 is 0 Å². The zero-order chi connectivity index (χ0) is 8.69. The van der Waals surface area contributed by atoms with Gasteiger partial charge in [-0.2, -0.15) is 0 Å². The summed E-state index contributed by atoms with van der Waals surface area (Å²) in [5.74, 6) is 0. The smallest absolute Gasteiger partial charge is 0.0850 e. The lowest BCUT2D eigenvalue weighted by Crippen LogP contribution is -1.79. The molecule has 0 aliphatic rings. The molecule has 0 nitrogen and oxygen atoms in total. The highest BCUT2D eigenvalue weighted by molar-refractivity contribution is 6.55. The molecule has 0 aromatic rings.